The predicted molar refractivity (Wildman–Crippen MR) is 81.9 cm³/mol. The van der Waals surface area contributed by atoms with Gasteiger partial charge in [0.25, 0.3) is 5.91 Å². The van der Waals surface area contributed by atoms with Gasteiger partial charge in [-0.3, -0.25) is 9.59 Å². The van der Waals surface area contributed by atoms with E-state index in [2.05, 4.69) is 10.6 Å². The second-order valence-corrected chi connectivity index (χ2v) is 4.43. The molecule has 5 nitrogen and oxygen atoms in total. The van der Waals surface area contributed by atoms with Crippen molar-refractivity contribution in [2.24, 2.45) is 5.73 Å². The molecule has 112 valence electrons. The van der Waals surface area contributed by atoms with Gasteiger partial charge in [-0.15, -0.1) is 12.4 Å². The van der Waals surface area contributed by atoms with Crippen molar-refractivity contribution >= 4 is 24.2 Å². The molecular weight excluding hydrogens is 278 g/mol. The average Bonchev–Trinajstić information content (AvgIpc) is 2.44. The topological polar surface area (TPSA) is 84.2 Å². The summed E-state index contributed by atoms with van der Waals surface area (Å²) in [5.41, 5.74) is 6.04. The van der Waals surface area contributed by atoms with E-state index in [4.69, 9.17) is 5.73 Å². The largest absolute Gasteiger partial charge is 0.352 e. The highest BCUT2D eigenvalue weighted by Crippen LogP contribution is 1.98. The summed E-state index contributed by atoms with van der Waals surface area (Å²) in [6.45, 7) is 2.77. The number of amides is 2. The van der Waals surface area contributed by atoms with Crippen molar-refractivity contribution in [1.29, 1.82) is 0 Å². The molecule has 1 aromatic carbocycles. The van der Waals surface area contributed by atoms with Gasteiger partial charge in [-0.25, -0.2) is 0 Å². The van der Waals surface area contributed by atoms with Gasteiger partial charge >= 0.3 is 0 Å². The van der Waals surface area contributed by atoms with Gasteiger partial charge in [-0.1, -0.05) is 18.2 Å². The molecule has 0 aromatic heterocycles. The number of carbonyl (C=O) groups is 2. The summed E-state index contributed by atoms with van der Waals surface area (Å²) in [6, 6.07) is 8.99. The van der Waals surface area contributed by atoms with E-state index in [1.54, 1.807) is 12.1 Å². The molecule has 20 heavy (non-hydrogen) atoms. The highest BCUT2D eigenvalue weighted by molar-refractivity contribution is 5.94. The van der Waals surface area contributed by atoms with Gasteiger partial charge in [0.05, 0.1) is 0 Å². The fourth-order valence-corrected chi connectivity index (χ4v) is 1.55. The molecule has 0 unspecified atom stereocenters. The molecule has 0 radical (unpaired) electrons. The number of rotatable bonds is 7. The lowest BCUT2D eigenvalue weighted by Gasteiger charge is -2.11. The highest BCUT2D eigenvalue weighted by atomic mass is 35.5. The monoisotopic (exact) mass is 299 g/mol. The smallest absolute Gasteiger partial charge is 0.251 e. The van der Waals surface area contributed by atoms with Crippen LogP contribution >= 0.6 is 12.4 Å². The molecule has 0 spiro atoms. The first kappa shape index (κ1) is 18.4. The van der Waals surface area contributed by atoms with Gasteiger partial charge in [0.1, 0.15) is 0 Å². The van der Waals surface area contributed by atoms with Crippen LogP contribution in [-0.2, 0) is 4.79 Å². The number of hydrogen-bond acceptors (Lipinski definition) is 3. The van der Waals surface area contributed by atoms with Gasteiger partial charge in [-0.05, 0) is 25.5 Å². The lowest BCUT2D eigenvalue weighted by molar-refractivity contribution is -0.121. The van der Waals surface area contributed by atoms with Gasteiger partial charge in [0.15, 0.2) is 0 Å². The van der Waals surface area contributed by atoms with E-state index in [1.807, 2.05) is 25.1 Å². The maximum atomic E-state index is 11.7. The normalized spacial score (nSPS) is 11.1. The molecule has 0 bridgehead atoms. The van der Waals surface area contributed by atoms with Crippen LogP contribution in [0.25, 0.3) is 0 Å². The van der Waals surface area contributed by atoms with Crippen molar-refractivity contribution < 1.29 is 9.59 Å². The third kappa shape index (κ3) is 7.11. The molecule has 0 heterocycles. The molecule has 0 aliphatic heterocycles. The Morgan fingerprint density at radius 3 is 2.50 bits per heavy atom. The Kier molecular flexibility index (Phi) is 9.41. The summed E-state index contributed by atoms with van der Waals surface area (Å²) in [4.78, 5) is 23.1. The van der Waals surface area contributed by atoms with Gasteiger partial charge in [-0.2, -0.15) is 0 Å². The Morgan fingerprint density at radius 1 is 1.25 bits per heavy atom. The first-order chi connectivity index (χ1) is 9.13. The predicted octanol–water partition coefficient (Wildman–Crippen LogP) is 1.08. The molecule has 0 aliphatic rings. The summed E-state index contributed by atoms with van der Waals surface area (Å²) in [5.74, 6) is -0.150. The molecular formula is C14H22ClN3O2. The highest BCUT2D eigenvalue weighted by Gasteiger charge is 2.06. The number of nitrogens with one attached hydrogen (secondary N) is 2. The van der Waals surface area contributed by atoms with E-state index in [0.717, 1.165) is 0 Å². The lowest BCUT2D eigenvalue weighted by Crippen LogP contribution is -2.38. The molecule has 0 saturated heterocycles. The minimum absolute atomic E-state index is 0. The second-order valence-electron chi connectivity index (χ2n) is 4.43. The molecule has 2 amide bonds. The van der Waals surface area contributed by atoms with Crippen LogP contribution in [0.3, 0.4) is 0 Å². The van der Waals surface area contributed by atoms with Crippen molar-refractivity contribution in [3.63, 3.8) is 0 Å². The number of nitrogens with two attached hydrogens (primary N) is 1. The Bertz CT molecular complexity index is 412. The quantitative estimate of drug-likeness (QED) is 0.659. The Morgan fingerprint density at radius 2 is 1.90 bits per heavy atom. The zero-order valence-electron chi connectivity index (χ0n) is 11.6. The van der Waals surface area contributed by atoms with Crippen molar-refractivity contribution in [2.75, 3.05) is 13.1 Å². The van der Waals surface area contributed by atoms with Crippen LogP contribution in [0.4, 0.5) is 0 Å². The Hall–Kier alpha value is -1.59. The third-order valence-corrected chi connectivity index (χ3v) is 2.66. The Labute approximate surface area is 125 Å². The van der Waals surface area contributed by atoms with Crippen molar-refractivity contribution in [2.45, 2.75) is 25.8 Å². The minimum Gasteiger partial charge on any atom is -0.352 e. The first-order valence-electron chi connectivity index (χ1n) is 6.46. The second kappa shape index (κ2) is 10.2. The maximum Gasteiger partial charge on any atom is 0.251 e. The van der Waals surface area contributed by atoms with Crippen LogP contribution in [0.5, 0.6) is 0 Å². The van der Waals surface area contributed by atoms with Crippen LogP contribution in [0.2, 0.25) is 0 Å². The maximum absolute atomic E-state index is 11.7. The van der Waals surface area contributed by atoms with Crippen molar-refractivity contribution in [3.05, 3.63) is 35.9 Å². The van der Waals surface area contributed by atoms with E-state index in [1.165, 1.54) is 0 Å². The molecule has 0 fully saturated rings. The summed E-state index contributed by atoms with van der Waals surface area (Å²) >= 11 is 0. The average molecular weight is 300 g/mol. The van der Waals surface area contributed by atoms with Crippen molar-refractivity contribution in [1.82, 2.24) is 10.6 Å². The van der Waals surface area contributed by atoms with Gasteiger partial charge in [0, 0.05) is 31.1 Å². The van der Waals surface area contributed by atoms with E-state index in [-0.39, 0.29) is 30.3 Å². The van der Waals surface area contributed by atoms with Gasteiger partial charge < -0.3 is 16.4 Å². The molecule has 4 N–H and O–H groups in total. The lowest BCUT2D eigenvalue weighted by atomic mass is 10.2. The van der Waals surface area contributed by atoms with Crippen LogP contribution < -0.4 is 16.4 Å². The zero-order chi connectivity index (χ0) is 14.1. The van der Waals surface area contributed by atoms with E-state index in [9.17, 15) is 9.59 Å². The molecule has 0 saturated carbocycles. The van der Waals surface area contributed by atoms with Crippen LogP contribution in [-0.4, -0.2) is 30.9 Å². The molecule has 1 aromatic rings. The van der Waals surface area contributed by atoms with E-state index < -0.39 is 0 Å². The fraction of sp³-hybridized carbons (Fsp3) is 0.429. The number of halogens is 1. The summed E-state index contributed by atoms with van der Waals surface area (Å²) in [7, 11) is 0. The molecule has 1 rings (SSSR count). The number of hydrogen-bond donors (Lipinski definition) is 3. The first-order valence-corrected chi connectivity index (χ1v) is 6.46. The minimum atomic E-state index is -0.115. The fourth-order valence-electron chi connectivity index (χ4n) is 1.55. The number of carbonyl (C=O) groups excluding carboxylic acids is 2. The summed E-state index contributed by atoms with van der Waals surface area (Å²) in [5, 5.41) is 5.55. The van der Waals surface area contributed by atoms with Crippen LogP contribution in [0.15, 0.2) is 30.3 Å². The van der Waals surface area contributed by atoms with Crippen LogP contribution in [0, 0.1) is 0 Å². The SMILES string of the molecule is C[C@@H](CN)NC(=O)CCCNC(=O)c1ccccc1.Cl. The van der Waals surface area contributed by atoms with E-state index >= 15 is 0 Å². The zero-order valence-corrected chi connectivity index (χ0v) is 12.4. The molecule has 6 heteroatoms. The standard InChI is InChI=1S/C14H21N3O2.ClH/c1-11(10-15)17-13(18)8-5-9-16-14(19)12-6-3-2-4-7-12;/h2-4,6-7,11H,5,8-10,15H2,1H3,(H,16,19)(H,17,18);1H/t11-;/m0./s1. The summed E-state index contributed by atoms with van der Waals surface area (Å²) in [6.07, 6.45) is 1.00. The molecule has 1 atom stereocenters. The summed E-state index contributed by atoms with van der Waals surface area (Å²) < 4.78 is 0. The number of benzene rings is 1. The molecule has 0 aliphatic carbocycles. The van der Waals surface area contributed by atoms with Gasteiger partial charge in [0.2, 0.25) is 5.91 Å². The third-order valence-electron chi connectivity index (χ3n) is 2.66. The van der Waals surface area contributed by atoms with Crippen LogP contribution in [0.1, 0.15) is 30.1 Å². The van der Waals surface area contributed by atoms with Crippen molar-refractivity contribution in [3.8, 4) is 0 Å². The Balaban J connectivity index is 0.00000361. The van der Waals surface area contributed by atoms with E-state index in [0.29, 0.717) is 31.5 Å².